The van der Waals surface area contributed by atoms with Gasteiger partial charge in [-0.05, 0) is 60.1 Å². The molecule has 0 bridgehead atoms. The second-order valence-corrected chi connectivity index (χ2v) is 9.11. The van der Waals surface area contributed by atoms with Crippen molar-refractivity contribution in [2.75, 3.05) is 5.32 Å². The molecular weight excluding hydrogens is 474 g/mol. The summed E-state index contributed by atoms with van der Waals surface area (Å²) in [6, 6.07) is 23.6. The lowest BCUT2D eigenvalue weighted by Gasteiger charge is -2.12. The molecular formula is C25H16ClN3O2S2. The number of thiazole rings is 1. The van der Waals surface area contributed by atoms with E-state index in [-0.39, 0.29) is 16.8 Å². The van der Waals surface area contributed by atoms with Gasteiger partial charge in [-0.1, -0.05) is 48.0 Å². The third kappa shape index (κ3) is 4.26. The number of halogens is 1. The molecule has 1 aromatic heterocycles. The van der Waals surface area contributed by atoms with Gasteiger partial charge in [-0.2, -0.15) is 0 Å². The summed E-state index contributed by atoms with van der Waals surface area (Å²) >= 11 is 13.1. The number of benzene rings is 4. The summed E-state index contributed by atoms with van der Waals surface area (Å²) in [6.45, 7) is 0. The highest BCUT2D eigenvalue weighted by molar-refractivity contribution is 7.80. The van der Waals surface area contributed by atoms with E-state index in [0.29, 0.717) is 26.8 Å². The predicted molar refractivity (Wildman–Crippen MR) is 139 cm³/mol. The van der Waals surface area contributed by atoms with Crippen molar-refractivity contribution in [2.24, 2.45) is 0 Å². The average molecular weight is 490 g/mol. The van der Waals surface area contributed by atoms with E-state index < -0.39 is 0 Å². The van der Waals surface area contributed by atoms with E-state index in [4.69, 9.17) is 23.8 Å². The molecule has 0 spiro atoms. The van der Waals surface area contributed by atoms with Crippen LogP contribution in [0.1, 0.15) is 10.4 Å². The van der Waals surface area contributed by atoms with Crippen LogP contribution in [0.2, 0.25) is 5.02 Å². The number of aromatic hydroxyl groups is 1. The molecule has 0 aliphatic heterocycles. The monoisotopic (exact) mass is 489 g/mol. The van der Waals surface area contributed by atoms with Crippen LogP contribution in [0.3, 0.4) is 0 Å². The largest absolute Gasteiger partial charge is 0.507 e. The van der Waals surface area contributed by atoms with Gasteiger partial charge in [0.05, 0.1) is 15.8 Å². The number of phenolic OH excluding ortho intramolecular Hbond substituents is 1. The van der Waals surface area contributed by atoms with Crippen LogP contribution in [0, 0.1) is 0 Å². The van der Waals surface area contributed by atoms with E-state index in [9.17, 15) is 9.90 Å². The molecule has 5 aromatic rings. The topological polar surface area (TPSA) is 74.2 Å². The number of rotatable bonds is 3. The van der Waals surface area contributed by atoms with E-state index in [1.54, 1.807) is 42.5 Å². The number of carbonyl (C=O) groups excluding carboxylic acids is 1. The Balaban J connectivity index is 1.37. The Morgan fingerprint density at radius 1 is 0.970 bits per heavy atom. The molecule has 5 nitrogen and oxygen atoms in total. The van der Waals surface area contributed by atoms with Gasteiger partial charge in [-0.25, -0.2) is 4.98 Å². The van der Waals surface area contributed by atoms with Crippen molar-refractivity contribution in [1.82, 2.24) is 10.3 Å². The van der Waals surface area contributed by atoms with Gasteiger partial charge in [0.15, 0.2) is 5.11 Å². The van der Waals surface area contributed by atoms with Crippen LogP contribution in [-0.2, 0) is 0 Å². The second-order valence-electron chi connectivity index (χ2n) is 7.27. The van der Waals surface area contributed by atoms with Crippen molar-refractivity contribution < 1.29 is 9.90 Å². The van der Waals surface area contributed by atoms with Crippen molar-refractivity contribution in [2.45, 2.75) is 0 Å². The van der Waals surface area contributed by atoms with Gasteiger partial charge >= 0.3 is 0 Å². The van der Waals surface area contributed by atoms with Crippen LogP contribution in [0.15, 0.2) is 78.9 Å². The Kier molecular flexibility index (Phi) is 5.68. The smallest absolute Gasteiger partial charge is 0.258 e. The molecule has 0 saturated heterocycles. The highest BCUT2D eigenvalue weighted by Gasteiger charge is 2.15. The van der Waals surface area contributed by atoms with Crippen molar-refractivity contribution >= 4 is 72.9 Å². The lowest BCUT2D eigenvalue weighted by molar-refractivity contribution is 0.0979. The molecule has 0 saturated carbocycles. The number of para-hydroxylation sites is 1. The molecule has 8 heteroatoms. The Bertz CT molecular complexity index is 1510. The molecule has 0 unspecified atom stereocenters. The Labute approximate surface area is 203 Å². The zero-order valence-corrected chi connectivity index (χ0v) is 19.4. The normalized spacial score (nSPS) is 10.9. The Hall–Kier alpha value is -3.52. The minimum atomic E-state index is -0.342. The number of hydrogen-bond acceptors (Lipinski definition) is 5. The van der Waals surface area contributed by atoms with Gasteiger partial charge in [-0.3, -0.25) is 10.1 Å². The zero-order valence-electron chi connectivity index (χ0n) is 17.0. The standard InChI is InChI=1S/C25H16ClN3O2S2/c26-19-8-4-5-15-16(19)6-3-7-17(15)23(31)29-25(32)27-14-11-12-21(30)18(13-14)24-28-20-9-1-2-10-22(20)33-24/h1-13,30H,(H2,27,29,31,32). The molecule has 0 fully saturated rings. The van der Waals surface area contributed by atoms with Crippen molar-refractivity contribution in [1.29, 1.82) is 0 Å². The van der Waals surface area contributed by atoms with Crippen LogP contribution in [-0.4, -0.2) is 21.1 Å². The van der Waals surface area contributed by atoms with Crippen molar-refractivity contribution in [3.05, 3.63) is 89.4 Å². The molecule has 162 valence electrons. The fourth-order valence-corrected chi connectivity index (χ4v) is 5.01. The third-order valence-corrected chi connectivity index (χ3v) is 6.72. The first-order valence-electron chi connectivity index (χ1n) is 9.98. The predicted octanol–water partition coefficient (Wildman–Crippen LogP) is 6.60. The molecule has 0 aliphatic carbocycles. The van der Waals surface area contributed by atoms with Crippen molar-refractivity contribution in [3.8, 4) is 16.3 Å². The lowest BCUT2D eigenvalue weighted by Crippen LogP contribution is -2.34. The number of phenols is 1. The fourth-order valence-electron chi connectivity index (χ4n) is 3.57. The molecule has 5 rings (SSSR count). The molecule has 33 heavy (non-hydrogen) atoms. The van der Waals surface area contributed by atoms with Gasteiger partial charge in [-0.15, -0.1) is 11.3 Å². The van der Waals surface area contributed by atoms with Gasteiger partial charge in [0.25, 0.3) is 5.91 Å². The Morgan fingerprint density at radius 2 is 1.76 bits per heavy atom. The molecule has 0 aliphatic rings. The van der Waals surface area contributed by atoms with Gasteiger partial charge < -0.3 is 10.4 Å². The van der Waals surface area contributed by atoms with Gasteiger partial charge in [0.2, 0.25) is 0 Å². The number of nitrogens with one attached hydrogen (secondary N) is 2. The summed E-state index contributed by atoms with van der Waals surface area (Å²) in [5.74, 6) is -0.229. The minimum Gasteiger partial charge on any atom is -0.507 e. The molecule has 0 atom stereocenters. The van der Waals surface area contributed by atoms with Crippen LogP contribution in [0.25, 0.3) is 31.6 Å². The maximum absolute atomic E-state index is 12.9. The summed E-state index contributed by atoms with van der Waals surface area (Å²) < 4.78 is 1.03. The van der Waals surface area contributed by atoms with E-state index >= 15 is 0 Å². The van der Waals surface area contributed by atoms with E-state index in [1.165, 1.54) is 11.3 Å². The number of thiocarbonyl (C=S) groups is 1. The molecule has 4 aromatic carbocycles. The maximum Gasteiger partial charge on any atom is 0.258 e. The number of aromatic nitrogens is 1. The molecule has 3 N–H and O–H groups in total. The molecule has 0 radical (unpaired) electrons. The lowest BCUT2D eigenvalue weighted by atomic mass is 10.0. The van der Waals surface area contributed by atoms with Crippen LogP contribution >= 0.6 is 35.2 Å². The maximum atomic E-state index is 12.9. The van der Waals surface area contributed by atoms with Crippen LogP contribution in [0.5, 0.6) is 5.75 Å². The summed E-state index contributed by atoms with van der Waals surface area (Å²) in [5, 5.41) is 19.1. The molecule has 1 amide bonds. The number of hydrogen-bond donors (Lipinski definition) is 3. The highest BCUT2D eigenvalue weighted by atomic mass is 35.5. The quantitative estimate of drug-likeness (QED) is 0.196. The fraction of sp³-hybridized carbons (Fsp3) is 0. The summed E-state index contributed by atoms with van der Waals surface area (Å²) in [7, 11) is 0. The van der Waals surface area contributed by atoms with E-state index in [1.807, 2.05) is 36.4 Å². The first kappa shape index (κ1) is 21.3. The average Bonchev–Trinajstić information content (AvgIpc) is 3.24. The SMILES string of the molecule is O=C(NC(=S)Nc1ccc(O)c(-c2nc3ccccc3s2)c1)c1cccc2c(Cl)cccc12. The van der Waals surface area contributed by atoms with E-state index in [2.05, 4.69) is 15.6 Å². The highest BCUT2D eigenvalue weighted by Crippen LogP contribution is 2.36. The number of fused-ring (bicyclic) bond motifs is 2. The number of carbonyl (C=O) groups is 1. The zero-order chi connectivity index (χ0) is 22.9. The summed E-state index contributed by atoms with van der Waals surface area (Å²) in [6.07, 6.45) is 0. The van der Waals surface area contributed by atoms with E-state index in [0.717, 1.165) is 21.0 Å². The summed E-state index contributed by atoms with van der Waals surface area (Å²) in [5.41, 5.74) is 2.54. The van der Waals surface area contributed by atoms with Gasteiger partial charge in [0, 0.05) is 21.7 Å². The first-order valence-corrected chi connectivity index (χ1v) is 11.6. The van der Waals surface area contributed by atoms with Crippen LogP contribution in [0.4, 0.5) is 5.69 Å². The summed E-state index contributed by atoms with van der Waals surface area (Å²) in [4.78, 5) is 17.5. The number of nitrogens with zero attached hydrogens (tertiary/aromatic N) is 1. The third-order valence-electron chi connectivity index (χ3n) is 5.12. The van der Waals surface area contributed by atoms with Gasteiger partial charge in [0.1, 0.15) is 10.8 Å². The molecule has 1 heterocycles. The number of anilines is 1. The minimum absolute atomic E-state index is 0.113. The number of amides is 1. The second kappa shape index (κ2) is 8.78. The van der Waals surface area contributed by atoms with Crippen molar-refractivity contribution in [3.63, 3.8) is 0 Å². The first-order chi connectivity index (χ1) is 16.0. The Morgan fingerprint density at radius 3 is 2.61 bits per heavy atom. The van der Waals surface area contributed by atoms with Crippen LogP contribution < -0.4 is 10.6 Å².